The number of rotatable bonds is 5. The fraction of sp³-hybridized carbons (Fsp3) is 0.581. The van der Waals surface area contributed by atoms with Gasteiger partial charge in [-0.1, -0.05) is 89.1 Å². The highest BCUT2D eigenvalue weighted by Crippen LogP contribution is 2.63. The predicted molar refractivity (Wildman–Crippen MR) is 138 cm³/mol. The maximum Gasteiger partial charge on any atom is 0.0700 e. The zero-order valence-corrected chi connectivity index (χ0v) is 21.1. The lowest BCUT2D eigenvalue weighted by atomic mass is 9.54. The van der Waals surface area contributed by atoms with E-state index in [0.29, 0.717) is 11.3 Å². The molecule has 2 saturated carbocycles. The molecular formula is C31H43N. The van der Waals surface area contributed by atoms with Gasteiger partial charge >= 0.3 is 0 Å². The number of benzene rings is 1. The van der Waals surface area contributed by atoms with E-state index in [0.717, 1.165) is 17.4 Å². The molecule has 172 valence electrons. The van der Waals surface area contributed by atoms with Crippen LogP contribution in [0.15, 0.2) is 59.7 Å². The zero-order valence-electron chi connectivity index (χ0n) is 21.1. The first-order valence-corrected chi connectivity index (χ1v) is 13.1. The van der Waals surface area contributed by atoms with Crippen LogP contribution >= 0.6 is 0 Å². The smallest absolute Gasteiger partial charge is 0.0700 e. The topological polar surface area (TPSA) is 23.8 Å². The molecule has 1 heteroatoms. The second kappa shape index (κ2) is 10.7. The van der Waals surface area contributed by atoms with Crippen LogP contribution in [0.4, 0.5) is 0 Å². The van der Waals surface area contributed by atoms with Crippen LogP contribution in [0, 0.1) is 28.6 Å². The molecule has 0 aliphatic heterocycles. The van der Waals surface area contributed by atoms with E-state index in [9.17, 15) is 5.26 Å². The molecule has 0 heterocycles. The van der Waals surface area contributed by atoms with Crippen molar-refractivity contribution in [3.63, 3.8) is 0 Å². The lowest BCUT2D eigenvalue weighted by Gasteiger charge is -2.51. The van der Waals surface area contributed by atoms with Crippen molar-refractivity contribution in [2.75, 3.05) is 0 Å². The fourth-order valence-corrected chi connectivity index (χ4v) is 6.96. The monoisotopic (exact) mass is 429 g/mol. The largest absolute Gasteiger partial charge is 0.198 e. The van der Waals surface area contributed by atoms with Gasteiger partial charge in [-0.15, -0.1) is 0 Å². The van der Waals surface area contributed by atoms with Crippen molar-refractivity contribution in [1.29, 1.82) is 5.26 Å². The van der Waals surface area contributed by atoms with Gasteiger partial charge in [-0.2, -0.15) is 5.26 Å². The Hall–Kier alpha value is -2.07. The van der Waals surface area contributed by atoms with E-state index in [1.165, 1.54) is 56.9 Å². The molecule has 0 amide bonds. The van der Waals surface area contributed by atoms with Gasteiger partial charge in [0.1, 0.15) is 0 Å². The van der Waals surface area contributed by atoms with E-state index in [4.69, 9.17) is 0 Å². The van der Waals surface area contributed by atoms with Gasteiger partial charge < -0.3 is 0 Å². The summed E-state index contributed by atoms with van der Waals surface area (Å²) in [5.41, 5.74) is 8.04. The van der Waals surface area contributed by atoms with Gasteiger partial charge in [0.15, 0.2) is 0 Å². The van der Waals surface area contributed by atoms with Crippen molar-refractivity contribution in [1.82, 2.24) is 0 Å². The van der Waals surface area contributed by atoms with Crippen molar-refractivity contribution in [3.8, 4) is 6.07 Å². The van der Waals surface area contributed by atoms with Gasteiger partial charge in [0.25, 0.3) is 0 Å². The summed E-state index contributed by atoms with van der Waals surface area (Å²) in [4.78, 5) is 0. The van der Waals surface area contributed by atoms with E-state index < -0.39 is 0 Å². The van der Waals surface area contributed by atoms with Gasteiger partial charge in [-0.25, -0.2) is 0 Å². The molecule has 1 aromatic carbocycles. The van der Waals surface area contributed by atoms with Crippen LogP contribution in [0.5, 0.6) is 0 Å². The first-order valence-electron chi connectivity index (χ1n) is 13.1. The maximum atomic E-state index is 9.30. The summed E-state index contributed by atoms with van der Waals surface area (Å²) in [6.45, 7) is 14.9. The molecule has 0 bridgehead atoms. The van der Waals surface area contributed by atoms with Crippen LogP contribution in [0.25, 0.3) is 0 Å². The van der Waals surface area contributed by atoms with Crippen molar-refractivity contribution in [3.05, 3.63) is 70.8 Å². The van der Waals surface area contributed by atoms with E-state index in [2.05, 4.69) is 56.8 Å². The predicted octanol–water partition coefficient (Wildman–Crippen LogP) is 9.25. The fourth-order valence-electron chi connectivity index (χ4n) is 6.96. The summed E-state index contributed by atoms with van der Waals surface area (Å²) in [5.74, 6) is 2.09. The van der Waals surface area contributed by atoms with Crippen LogP contribution in [0.2, 0.25) is 0 Å². The molecule has 3 aliphatic carbocycles. The Morgan fingerprint density at radius 3 is 2.56 bits per heavy atom. The first-order chi connectivity index (χ1) is 15.5. The summed E-state index contributed by atoms with van der Waals surface area (Å²) < 4.78 is 0. The number of allylic oxidation sites excluding steroid dienone is 5. The van der Waals surface area contributed by atoms with E-state index >= 15 is 0 Å². The zero-order chi connectivity index (χ0) is 23.3. The minimum Gasteiger partial charge on any atom is -0.198 e. The Kier molecular flexibility index (Phi) is 8.21. The van der Waals surface area contributed by atoms with Crippen LogP contribution < -0.4 is 0 Å². The van der Waals surface area contributed by atoms with Crippen molar-refractivity contribution in [2.45, 2.75) is 97.8 Å². The highest BCUT2D eigenvalue weighted by Gasteiger charge is 2.52. The van der Waals surface area contributed by atoms with Gasteiger partial charge in [0, 0.05) is 5.92 Å². The van der Waals surface area contributed by atoms with E-state index in [-0.39, 0.29) is 5.92 Å². The van der Waals surface area contributed by atoms with Crippen LogP contribution in [-0.4, -0.2) is 0 Å². The van der Waals surface area contributed by atoms with Gasteiger partial charge in [0.2, 0.25) is 0 Å². The van der Waals surface area contributed by atoms with Crippen molar-refractivity contribution >= 4 is 0 Å². The average Bonchev–Trinajstić information content (AvgIpc) is 3.22. The molecule has 3 aliphatic rings. The number of nitrogens with zero attached hydrogens (tertiary/aromatic N) is 1. The Labute approximate surface area is 197 Å². The third-order valence-corrected chi connectivity index (χ3v) is 8.40. The molecule has 5 atom stereocenters. The average molecular weight is 430 g/mol. The Balaban J connectivity index is 0.00000141. The van der Waals surface area contributed by atoms with Crippen molar-refractivity contribution in [2.24, 2.45) is 17.3 Å². The summed E-state index contributed by atoms with van der Waals surface area (Å²) in [7, 11) is 0. The molecule has 0 aromatic heterocycles. The van der Waals surface area contributed by atoms with Gasteiger partial charge in [-0.3, -0.25) is 0 Å². The lowest BCUT2D eigenvalue weighted by Crippen LogP contribution is -2.40. The summed E-state index contributed by atoms with van der Waals surface area (Å²) in [6, 6.07) is 11.4. The standard InChI is InChI=1S/C29H37N.C2H6/c1-5-8-22-15-16-25-27-10-7-17-29(27,4)18-26(28(25)24(22)9-6-2)23-13-11-21(12-14-23)20(3)19-30;1-2/h5,8,11-14,20,25-27H,1,6-7,9-10,15-18H2,2-4H3;1-2H3/b22-8-;. The number of hydrogen-bond donors (Lipinski definition) is 0. The van der Waals surface area contributed by atoms with Crippen molar-refractivity contribution < 1.29 is 0 Å². The minimum absolute atomic E-state index is 0.0402. The summed E-state index contributed by atoms with van der Waals surface area (Å²) in [6.07, 6.45) is 14.7. The lowest BCUT2D eigenvalue weighted by molar-refractivity contribution is 0.106. The summed E-state index contributed by atoms with van der Waals surface area (Å²) >= 11 is 0. The molecule has 0 radical (unpaired) electrons. The SMILES string of the molecule is C=C/C=C1/CCC2C(=C1CCC)C(c1ccc(C(C)C#N)cc1)CC1(C)CCCC21.CC. The normalized spacial score (nSPS) is 31.1. The quantitative estimate of drug-likeness (QED) is 0.457. The molecule has 32 heavy (non-hydrogen) atoms. The molecule has 0 spiro atoms. The third-order valence-electron chi connectivity index (χ3n) is 8.40. The molecule has 0 N–H and O–H groups in total. The first kappa shape index (κ1) is 24.6. The highest BCUT2D eigenvalue weighted by atomic mass is 14.6. The Bertz CT molecular complexity index is 893. The molecular weight excluding hydrogens is 386 g/mol. The highest BCUT2D eigenvalue weighted by molar-refractivity contribution is 5.48. The third kappa shape index (κ3) is 4.52. The Morgan fingerprint density at radius 1 is 1.22 bits per heavy atom. The molecule has 4 rings (SSSR count). The molecule has 2 fully saturated rings. The Morgan fingerprint density at radius 2 is 1.94 bits per heavy atom. The molecule has 1 nitrogen and oxygen atoms in total. The minimum atomic E-state index is -0.0402. The number of fused-ring (bicyclic) bond motifs is 3. The van der Waals surface area contributed by atoms with E-state index in [1.54, 1.807) is 16.7 Å². The van der Waals surface area contributed by atoms with Crippen LogP contribution in [0.1, 0.15) is 109 Å². The number of nitriles is 1. The van der Waals surface area contributed by atoms with Gasteiger partial charge in [-0.05, 0) is 85.0 Å². The summed E-state index contributed by atoms with van der Waals surface area (Å²) in [5, 5.41) is 9.30. The maximum absolute atomic E-state index is 9.30. The second-order valence-electron chi connectivity index (χ2n) is 10.2. The number of hydrogen-bond acceptors (Lipinski definition) is 1. The molecule has 1 aromatic rings. The second-order valence-corrected chi connectivity index (χ2v) is 10.2. The molecule has 0 saturated heterocycles. The van der Waals surface area contributed by atoms with Crippen LogP contribution in [0.3, 0.4) is 0 Å². The van der Waals surface area contributed by atoms with E-state index in [1.807, 2.05) is 26.8 Å². The van der Waals surface area contributed by atoms with Crippen LogP contribution in [-0.2, 0) is 0 Å². The molecule has 5 unspecified atom stereocenters. The van der Waals surface area contributed by atoms with Gasteiger partial charge in [0.05, 0.1) is 12.0 Å².